The highest BCUT2D eigenvalue weighted by atomic mass is 16.6. The van der Waals surface area contributed by atoms with Gasteiger partial charge in [-0.3, -0.25) is 5.32 Å². The summed E-state index contributed by atoms with van der Waals surface area (Å²) in [5.41, 5.74) is 1.18. The molecular weight excluding hydrogens is 358 g/mol. The number of hydrogen-bond donors (Lipinski definition) is 1. The van der Waals surface area contributed by atoms with E-state index in [2.05, 4.69) is 12.2 Å². The summed E-state index contributed by atoms with van der Waals surface area (Å²) in [4.78, 5) is 23.7. The van der Waals surface area contributed by atoms with Gasteiger partial charge >= 0.3 is 12.1 Å². The van der Waals surface area contributed by atoms with Crippen LogP contribution in [0.25, 0.3) is 10.8 Å². The van der Waals surface area contributed by atoms with E-state index in [4.69, 9.17) is 14.2 Å². The number of hydrogen-bond acceptors (Lipinski definition) is 5. The Balaban J connectivity index is 1.48. The Bertz CT molecular complexity index is 956. The predicted molar refractivity (Wildman–Crippen MR) is 105 cm³/mol. The second-order valence-corrected chi connectivity index (χ2v) is 5.95. The molecule has 0 heterocycles. The average molecular weight is 379 g/mol. The third-order valence-electron chi connectivity index (χ3n) is 4.11. The van der Waals surface area contributed by atoms with E-state index in [9.17, 15) is 9.59 Å². The van der Waals surface area contributed by atoms with Crippen LogP contribution in [0.15, 0.2) is 66.7 Å². The quantitative estimate of drug-likeness (QED) is 0.495. The number of carbonyl (C=O) groups is 2. The normalized spacial score (nSPS) is 10.3. The second kappa shape index (κ2) is 9.41. The van der Waals surface area contributed by atoms with E-state index in [0.29, 0.717) is 11.5 Å². The Labute approximate surface area is 163 Å². The van der Waals surface area contributed by atoms with Gasteiger partial charge in [-0.1, -0.05) is 55.5 Å². The van der Waals surface area contributed by atoms with E-state index in [-0.39, 0.29) is 13.3 Å². The van der Waals surface area contributed by atoms with Crippen LogP contribution in [0.2, 0.25) is 0 Å². The molecule has 0 spiro atoms. The summed E-state index contributed by atoms with van der Waals surface area (Å²) in [6.45, 7) is 1.52. The molecule has 0 aliphatic heterocycles. The minimum Gasteiger partial charge on any atom is -0.482 e. The molecule has 0 saturated carbocycles. The highest BCUT2D eigenvalue weighted by Gasteiger charge is 2.11. The van der Waals surface area contributed by atoms with Crippen molar-refractivity contribution in [2.75, 3.05) is 13.3 Å². The molecule has 0 aliphatic carbocycles. The first kappa shape index (κ1) is 19.2. The van der Waals surface area contributed by atoms with Gasteiger partial charge in [-0.25, -0.2) is 9.59 Å². The molecule has 28 heavy (non-hydrogen) atoms. The lowest BCUT2D eigenvalue weighted by molar-refractivity contribution is -0.146. The molecule has 1 N–H and O–H groups in total. The Kier molecular flexibility index (Phi) is 6.46. The van der Waals surface area contributed by atoms with Crippen molar-refractivity contribution in [3.05, 3.63) is 72.3 Å². The zero-order valence-electron chi connectivity index (χ0n) is 15.5. The van der Waals surface area contributed by atoms with Gasteiger partial charge in [0.15, 0.2) is 13.3 Å². The van der Waals surface area contributed by atoms with Crippen LogP contribution in [0.5, 0.6) is 11.5 Å². The van der Waals surface area contributed by atoms with Gasteiger partial charge in [-0.15, -0.1) is 0 Å². The number of carbonyl (C=O) groups excluding carboxylic acids is 2. The van der Waals surface area contributed by atoms with E-state index < -0.39 is 12.1 Å². The number of para-hydroxylation sites is 1. The zero-order chi connectivity index (χ0) is 19.8. The SMILES string of the molecule is CCc1ccc(OC(=O)NCOC(=O)COc2ccccc2)c2ccccc12. The molecule has 3 aromatic carbocycles. The molecule has 3 aromatic rings. The molecule has 0 fully saturated rings. The van der Waals surface area contributed by atoms with E-state index in [1.807, 2.05) is 36.4 Å². The topological polar surface area (TPSA) is 73.9 Å². The largest absolute Gasteiger partial charge is 0.482 e. The van der Waals surface area contributed by atoms with Gasteiger partial charge < -0.3 is 14.2 Å². The Morgan fingerprint density at radius 1 is 0.893 bits per heavy atom. The average Bonchev–Trinajstić information content (AvgIpc) is 2.73. The summed E-state index contributed by atoms with van der Waals surface area (Å²) in [5.74, 6) is 0.417. The Hall–Kier alpha value is -3.54. The van der Waals surface area contributed by atoms with Gasteiger partial charge in [0.05, 0.1) is 0 Å². The fraction of sp³-hybridized carbons (Fsp3) is 0.182. The van der Waals surface area contributed by atoms with E-state index >= 15 is 0 Å². The summed E-state index contributed by atoms with van der Waals surface area (Å²) in [6.07, 6.45) is 0.180. The highest BCUT2D eigenvalue weighted by Crippen LogP contribution is 2.28. The molecule has 0 aliphatic rings. The number of rotatable bonds is 7. The minimum atomic E-state index is -0.703. The lowest BCUT2D eigenvalue weighted by Gasteiger charge is -2.12. The monoisotopic (exact) mass is 379 g/mol. The molecule has 1 amide bonds. The van der Waals surface area contributed by atoms with Gasteiger partial charge in [0.1, 0.15) is 11.5 Å². The molecule has 0 radical (unpaired) electrons. The number of benzene rings is 3. The number of aryl methyl sites for hydroxylation is 1. The first-order valence-corrected chi connectivity index (χ1v) is 8.97. The summed E-state index contributed by atoms with van der Waals surface area (Å²) in [7, 11) is 0. The van der Waals surface area contributed by atoms with Crippen LogP contribution in [0.4, 0.5) is 4.79 Å². The Morgan fingerprint density at radius 2 is 1.61 bits per heavy atom. The van der Waals surface area contributed by atoms with E-state index in [1.54, 1.807) is 30.3 Å². The molecule has 0 saturated heterocycles. The second-order valence-electron chi connectivity index (χ2n) is 5.95. The van der Waals surface area contributed by atoms with Gasteiger partial charge in [-0.2, -0.15) is 0 Å². The van der Waals surface area contributed by atoms with Gasteiger partial charge in [0, 0.05) is 5.39 Å². The summed E-state index contributed by atoms with van der Waals surface area (Å²) in [5, 5.41) is 4.29. The van der Waals surface area contributed by atoms with Crippen molar-refractivity contribution < 1.29 is 23.8 Å². The van der Waals surface area contributed by atoms with E-state index in [1.165, 1.54) is 5.56 Å². The molecule has 0 aromatic heterocycles. The van der Waals surface area contributed by atoms with Crippen molar-refractivity contribution in [1.82, 2.24) is 5.32 Å². The number of fused-ring (bicyclic) bond motifs is 1. The molecule has 0 bridgehead atoms. The fourth-order valence-corrected chi connectivity index (χ4v) is 2.74. The van der Waals surface area contributed by atoms with Gasteiger partial charge in [-0.05, 0) is 35.6 Å². The Morgan fingerprint density at radius 3 is 2.36 bits per heavy atom. The van der Waals surface area contributed by atoms with Crippen LogP contribution in [-0.4, -0.2) is 25.4 Å². The minimum absolute atomic E-state index is 0.246. The smallest absolute Gasteiger partial charge is 0.415 e. The van der Waals surface area contributed by atoms with Crippen LogP contribution in [0.1, 0.15) is 12.5 Å². The molecule has 6 heteroatoms. The lowest BCUT2D eigenvalue weighted by atomic mass is 10.0. The summed E-state index contributed by atoms with van der Waals surface area (Å²) in [6, 6.07) is 20.3. The maximum Gasteiger partial charge on any atom is 0.415 e. The first-order chi connectivity index (χ1) is 13.7. The number of nitrogens with one attached hydrogen (secondary N) is 1. The maximum absolute atomic E-state index is 12.0. The summed E-state index contributed by atoms with van der Waals surface area (Å²) < 4.78 is 15.6. The molecular formula is C22H21NO5. The molecule has 144 valence electrons. The van der Waals surface area contributed by atoms with Crippen molar-refractivity contribution in [2.24, 2.45) is 0 Å². The molecule has 3 rings (SSSR count). The van der Waals surface area contributed by atoms with Crippen molar-refractivity contribution in [3.8, 4) is 11.5 Å². The molecule has 0 atom stereocenters. The highest BCUT2D eigenvalue weighted by molar-refractivity contribution is 5.92. The van der Waals surface area contributed by atoms with Crippen LogP contribution < -0.4 is 14.8 Å². The summed E-state index contributed by atoms with van der Waals surface area (Å²) >= 11 is 0. The van der Waals surface area contributed by atoms with Crippen LogP contribution in [-0.2, 0) is 16.0 Å². The molecule has 6 nitrogen and oxygen atoms in total. The lowest BCUT2D eigenvalue weighted by Crippen LogP contribution is -2.31. The van der Waals surface area contributed by atoms with Gasteiger partial charge in [0.2, 0.25) is 0 Å². The van der Waals surface area contributed by atoms with Crippen molar-refractivity contribution >= 4 is 22.8 Å². The van der Waals surface area contributed by atoms with E-state index in [0.717, 1.165) is 17.2 Å². The van der Waals surface area contributed by atoms with Crippen molar-refractivity contribution in [2.45, 2.75) is 13.3 Å². The van der Waals surface area contributed by atoms with Gasteiger partial charge in [0.25, 0.3) is 0 Å². The third kappa shape index (κ3) is 5.01. The standard InChI is InChI=1S/C22H21NO5/c1-2-16-12-13-20(19-11-7-6-10-18(16)19)28-22(25)23-15-27-21(24)14-26-17-8-4-3-5-9-17/h3-13H,2,14-15H2,1H3,(H,23,25). The molecule has 0 unspecified atom stereocenters. The van der Waals surface area contributed by atoms with Crippen LogP contribution >= 0.6 is 0 Å². The zero-order valence-corrected chi connectivity index (χ0v) is 15.5. The number of amides is 1. The van der Waals surface area contributed by atoms with Crippen LogP contribution in [0, 0.1) is 0 Å². The maximum atomic E-state index is 12.0. The van der Waals surface area contributed by atoms with Crippen molar-refractivity contribution in [3.63, 3.8) is 0 Å². The fourth-order valence-electron chi connectivity index (χ4n) is 2.74. The van der Waals surface area contributed by atoms with Crippen molar-refractivity contribution in [1.29, 1.82) is 0 Å². The predicted octanol–water partition coefficient (Wildman–Crippen LogP) is 4.07. The number of ether oxygens (including phenoxy) is 3. The number of esters is 1. The third-order valence-corrected chi connectivity index (χ3v) is 4.11. The van der Waals surface area contributed by atoms with Crippen LogP contribution in [0.3, 0.4) is 0 Å². The first-order valence-electron chi connectivity index (χ1n) is 8.97.